The van der Waals surface area contributed by atoms with Crippen molar-refractivity contribution in [3.05, 3.63) is 35.4 Å². The van der Waals surface area contributed by atoms with E-state index in [4.69, 9.17) is 10.6 Å². The summed E-state index contributed by atoms with van der Waals surface area (Å²) in [7, 11) is 1.79. The summed E-state index contributed by atoms with van der Waals surface area (Å²) < 4.78 is 5.62. The smallest absolute Gasteiger partial charge is 0.238 e. The van der Waals surface area contributed by atoms with Gasteiger partial charge in [-0.1, -0.05) is 24.3 Å². The molecule has 5 nitrogen and oxygen atoms in total. The van der Waals surface area contributed by atoms with Crippen LogP contribution in [0.4, 0.5) is 0 Å². The number of likely N-dealkylation sites (tertiary alicyclic amines) is 1. The number of hydrogen-bond donors (Lipinski definition) is 2. The van der Waals surface area contributed by atoms with Crippen molar-refractivity contribution in [1.82, 2.24) is 10.3 Å². The first-order valence-electron chi connectivity index (χ1n) is 7.39. The highest BCUT2D eigenvalue weighted by atomic mass is 16.5. The minimum Gasteiger partial charge on any atom is -0.377 e. The van der Waals surface area contributed by atoms with Crippen LogP contribution in [0.25, 0.3) is 0 Å². The van der Waals surface area contributed by atoms with E-state index in [9.17, 15) is 4.79 Å². The predicted molar refractivity (Wildman–Crippen MR) is 82.4 cm³/mol. The number of piperidine rings is 1. The zero-order valence-corrected chi connectivity index (χ0v) is 12.9. The van der Waals surface area contributed by atoms with Gasteiger partial charge in [-0.05, 0) is 37.4 Å². The van der Waals surface area contributed by atoms with Gasteiger partial charge in [0.2, 0.25) is 5.91 Å². The molecule has 1 aromatic carbocycles. The zero-order chi connectivity index (χ0) is 15.3. The maximum Gasteiger partial charge on any atom is 0.238 e. The lowest BCUT2D eigenvalue weighted by molar-refractivity contribution is -0.120. The van der Waals surface area contributed by atoms with Gasteiger partial charge >= 0.3 is 0 Å². The molecular weight excluding hydrogens is 266 g/mol. The standard InChI is InChI=1S/C16H25N3O2/c1-16(21-2)8-3-9-19(12-16)11-14-6-4-13(5-7-14)10-15(20)18-17/h4-7H,3,8-12,17H2,1-2H3,(H,18,20). The Bertz CT molecular complexity index is 475. The first-order chi connectivity index (χ1) is 10.0. The normalized spacial score (nSPS) is 23.0. The van der Waals surface area contributed by atoms with Gasteiger partial charge in [0.05, 0.1) is 12.0 Å². The van der Waals surface area contributed by atoms with E-state index in [0.29, 0.717) is 6.42 Å². The minimum atomic E-state index is -0.172. The van der Waals surface area contributed by atoms with Gasteiger partial charge < -0.3 is 4.74 Å². The van der Waals surface area contributed by atoms with E-state index in [-0.39, 0.29) is 11.5 Å². The number of ether oxygens (including phenoxy) is 1. The molecule has 1 fully saturated rings. The van der Waals surface area contributed by atoms with Crippen molar-refractivity contribution in [1.29, 1.82) is 0 Å². The molecule has 0 radical (unpaired) electrons. The number of amides is 1. The van der Waals surface area contributed by atoms with E-state index in [2.05, 4.69) is 29.4 Å². The third-order valence-corrected chi connectivity index (χ3v) is 4.19. The summed E-state index contributed by atoms with van der Waals surface area (Å²) in [6.45, 7) is 5.16. The molecule has 0 spiro atoms. The molecule has 0 bridgehead atoms. The highest BCUT2D eigenvalue weighted by molar-refractivity contribution is 5.77. The largest absolute Gasteiger partial charge is 0.377 e. The number of hydrogen-bond acceptors (Lipinski definition) is 4. The predicted octanol–water partition coefficient (Wildman–Crippen LogP) is 1.22. The van der Waals surface area contributed by atoms with Crippen molar-refractivity contribution in [2.45, 2.75) is 38.3 Å². The number of hydrazine groups is 1. The Morgan fingerprint density at radius 2 is 2.05 bits per heavy atom. The molecule has 0 aliphatic carbocycles. The fourth-order valence-corrected chi connectivity index (χ4v) is 2.87. The van der Waals surface area contributed by atoms with E-state index in [0.717, 1.165) is 31.6 Å². The molecular formula is C16H25N3O2. The van der Waals surface area contributed by atoms with Crippen LogP contribution in [-0.4, -0.2) is 36.6 Å². The Kier molecular flexibility index (Phi) is 5.33. The van der Waals surface area contributed by atoms with Crippen LogP contribution in [0.5, 0.6) is 0 Å². The second-order valence-electron chi connectivity index (χ2n) is 6.03. The fourth-order valence-electron chi connectivity index (χ4n) is 2.87. The topological polar surface area (TPSA) is 67.6 Å². The molecule has 0 saturated carbocycles. The molecule has 21 heavy (non-hydrogen) atoms. The van der Waals surface area contributed by atoms with Crippen molar-refractivity contribution in [3.8, 4) is 0 Å². The van der Waals surface area contributed by atoms with Crippen molar-refractivity contribution in [2.24, 2.45) is 5.84 Å². The highest BCUT2D eigenvalue weighted by Gasteiger charge is 2.30. The molecule has 1 atom stereocenters. The van der Waals surface area contributed by atoms with Crippen LogP contribution in [0.1, 0.15) is 30.9 Å². The molecule has 3 N–H and O–H groups in total. The van der Waals surface area contributed by atoms with E-state index < -0.39 is 0 Å². The molecule has 1 aliphatic heterocycles. The first kappa shape index (κ1) is 15.9. The quantitative estimate of drug-likeness (QED) is 0.486. The Labute approximate surface area is 126 Å². The van der Waals surface area contributed by atoms with Crippen LogP contribution in [0, 0.1) is 0 Å². The summed E-state index contributed by atoms with van der Waals surface area (Å²) in [5.74, 6) is 4.92. The lowest BCUT2D eigenvalue weighted by Crippen LogP contribution is -2.46. The average Bonchev–Trinajstić information content (AvgIpc) is 2.49. The Hall–Kier alpha value is -1.43. The number of carbonyl (C=O) groups is 1. The first-order valence-corrected chi connectivity index (χ1v) is 7.39. The molecule has 1 amide bonds. The number of nitrogens with one attached hydrogen (secondary N) is 1. The monoisotopic (exact) mass is 291 g/mol. The molecule has 116 valence electrons. The average molecular weight is 291 g/mol. The van der Waals surface area contributed by atoms with Crippen molar-refractivity contribution in [2.75, 3.05) is 20.2 Å². The number of benzene rings is 1. The van der Waals surface area contributed by atoms with Gasteiger partial charge in [0.25, 0.3) is 0 Å². The molecule has 1 saturated heterocycles. The second kappa shape index (κ2) is 7.02. The van der Waals surface area contributed by atoms with Gasteiger partial charge in [-0.3, -0.25) is 15.1 Å². The molecule has 0 aromatic heterocycles. The van der Waals surface area contributed by atoms with Gasteiger partial charge in [0.1, 0.15) is 0 Å². The Balaban J connectivity index is 1.92. The van der Waals surface area contributed by atoms with Crippen molar-refractivity contribution < 1.29 is 9.53 Å². The number of nitrogens with two attached hydrogens (primary N) is 1. The van der Waals surface area contributed by atoms with Gasteiger partial charge in [-0.25, -0.2) is 5.84 Å². The summed E-state index contributed by atoms with van der Waals surface area (Å²) in [5, 5.41) is 0. The van der Waals surface area contributed by atoms with Crippen LogP contribution >= 0.6 is 0 Å². The number of nitrogens with zero attached hydrogens (tertiary/aromatic N) is 1. The van der Waals surface area contributed by atoms with Crippen molar-refractivity contribution in [3.63, 3.8) is 0 Å². The van der Waals surface area contributed by atoms with Crippen LogP contribution < -0.4 is 11.3 Å². The molecule has 1 aromatic rings. The number of carbonyl (C=O) groups excluding carboxylic acids is 1. The lowest BCUT2D eigenvalue weighted by Gasteiger charge is -2.39. The summed E-state index contributed by atoms with van der Waals surface area (Å²) in [6, 6.07) is 8.14. The Morgan fingerprint density at radius 1 is 1.38 bits per heavy atom. The van der Waals surface area contributed by atoms with E-state index in [1.807, 2.05) is 12.1 Å². The maximum absolute atomic E-state index is 11.2. The van der Waals surface area contributed by atoms with Crippen LogP contribution in [0.15, 0.2) is 24.3 Å². The van der Waals surface area contributed by atoms with Crippen LogP contribution in [0.3, 0.4) is 0 Å². The van der Waals surface area contributed by atoms with Crippen LogP contribution in [-0.2, 0) is 22.5 Å². The third kappa shape index (κ3) is 4.52. The maximum atomic E-state index is 11.2. The van der Waals surface area contributed by atoms with Gasteiger partial charge in [-0.2, -0.15) is 0 Å². The minimum absolute atomic E-state index is 0.0304. The van der Waals surface area contributed by atoms with E-state index in [1.54, 1.807) is 7.11 Å². The molecule has 1 unspecified atom stereocenters. The molecule has 2 rings (SSSR count). The van der Waals surface area contributed by atoms with Gasteiger partial charge in [0, 0.05) is 20.2 Å². The SMILES string of the molecule is COC1(C)CCCN(Cc2ccc(CC(=O)NN)cc2)C1. The lowest BCUT2D eigenvalue weighted by atomic mass is 9.94. The number of rotatable bonds is 5. The highest BCUT2D eigenvalue weighted by Crippen LogP contribution is 2.25. The Morgan fingerprint density at radius 3 is 2.67 bits per heavy atom. The zero-order valence-electron chi connectivity index (χ0n) is 12.9. The summed E-state index contributed by atoms with van der Waals surface area (Å²) in [6.07, 6.45) is 2.61. The van der Waals surface area contributed by atoms with Crippen LogP contribution in [0.2, 0.25) is 0 Å². The molecule has 5 heteroatoms. The summed E-state index contributed by atoms with van der Waals surface area (Å²) in [4.78, 5) is 13.7. The van der Waals surface area contributed by atoms with E-state index in [1.165, 1.54) is 12.0 Å². The van der Waals surface area contributed by atoms with Crippen molar-refractivity contribution >= 4 is 5.91 Å². The second-order valence-corrected chi connectivity index (χ2v) is 6.03. The fraction of sp³-hybridized carbons (Fsp3) is 0.562. The van der Waals surface area contributed by atoms with Gasteiger partial charge in [0.15, 0.2) is 0 Å². The summed E-state index contributed by atoms with van der Waals surface area (Å²) in [5.41, 5.74) is 4.35. The molecule has 1 aliphatic rings. The number of methoxy groups -OCH3 is 1. The molecule has 1 heterocycles. The van der Waals surface area contributed by atoms with Gasteiger partial charge in [-0.15, -0.1) is 0 Å². The third-order valence-electron chi connectivity index (χ3n) is 4.19. The van der Waals surface area contributed by atoms with E-state index >= 15 is 0 Å². The summed E-state index contributed by atoms with van der Waals surface area (Å²) >= 11 is 0.